The van der Waals surface area contributed by atoms with E-state index < -0.39 is 29.2 Å². The van der Waals surface area contributed by atoms with E-state index >= 15 is 0 Å². The molecule has 2 aliphatic rings. The summed E-state index contributed by atoms with van der Waals surface area (Å²) in [6, 6.07) is 0. The van der Waals surface area contributed by atoms with Crippen LogP contribution in [-0.4, -0.2) is 21.9 Å². The quantitative estimate of drug-likeness (QED) is 0.600. The van der Waals surface area contributed by atoms with Crippen LogP contribution < -0.4 is 27.3 Å². The zero-order valence-electron chi connectivity index (χ0n) is 12.1. The highest BCUT2D eigenvalue weighted by atomic mass is 19.4. The molecule has 0 saturated carbocycles. The second-order valence-electron chi connectivity index (χ2n) is 5.43. The highest BCUT2D eigenvalue weighted by Crippen LogP contribution is 2.34. The van der Waals surface area contributed by atoms with Crippen LogP contribution >= 0.6 is 0 Å². The summed E-state index contributed by atoms with van der Waals surface area (Å²) in [4.78, 5) is 18.9. The molecule has 6 nitrogen and oxygen atoms in total. The number of aromatic amines is 1. The lowest BCUT2D eigenvalue weighted by Gasteiger charge is -2.24. The van der Waals surface area contributed by atoms with E-state index in [1.54, 1.807) is 12.2 Å². The number of hydrogen-bond acceptors (Lipinski definition) is 5. The van der Waals surface area contributed by atoms with Gasteiger partial charge in [0.25, 0.3) is 0 Å². The minimum Gasteiger partial charge on any atom is -0.873 e. The average molecular weight is 337 g/mol. The summed E-state index contributed by atoms with van der Waals surface area (Å²) in [6.07, 6.45) is 0.0641. The van der Waals surface area contributed by atoms with Crippen LogP contribution in [0.5, 0.6) is 0 Å². The van der Waals surface area contributed by atoms with Crippen molar-refractivity contribution in [1.82, 2.24) is 9.97 Å². The van der Waals surface area contributed by atoms with Crippen molar-refractivity contribution in [3.05, 3.63) is 45.8 Å². The van der Waals surface area contributed by atoms with Gasteiger partial charge in [0.05, 0.1) is 22.1 Å². The number of alkyl halides is 3. The number of Topliss-reactive ketones (excluding diaryl/α,β-unsaturated/α-hetero) is 1. The molecule has 24 heavy (non-hydrogen) atoms. The van der Waals surface area contributed by atoms with Crippen LogP contribution in [0.15, 0.2) is 29.3 Å². The Morgan fingerprint density at radius 3 is 2.67 bits per heavy atom. The van der Waals surface area contributed by atoms with Gasteiger partial charge in [0.2, 0.25) is 0 Å². The van der Waals surface area contributed by atoms with Crippen LogP contribution in [0.4, 0.5) is 13.2 Å². The molecule has 1 aromatic heterocycles. The third-order valence-electron chi connectivity index (χ3n) is 3.74. The zero-order valence-corrected chi connectivity index (χ0v) is 12.1. The fraction of sp³-hybridized carbons (Fsp3) is 0.200. The van der Waals surface area contributed by atoms with Crippen molar-refractivity contribution in [2.75, 3.05) is 0 Å². The summed E-state index contributed by atoms with van der Waals surface area (Å²) >= 11 is 0. The van der Waals surface area contributed by atoms with Gasteiger partial charge in [-0.2, -0.15) is 13.2 Å². The number of carbonyl (C=O) groups is 1. The largest absolute Gasteiger partial charge is 0.873 e. The Kier molecular flexibility index (Phi) is 3.51. The van der Waals surface area contributed by atoms with E-state index in [4.69, 9.17) is 11.5 Å². The molecule has 0 bridgehead atoms. The van der Waals surface area contributed by atoms with Gasteiger partial charge >= 0.3 is 6.18 Å². The van der Waals surface area contributed by atoms with Crippen LogP contribution in [0.2, 0.25) is 0 Å². The maximum absolute atomic E-state index is 12.9. The first-order chi connectivity index (χ1) is 11.2. The van der Waals surface area contributed by atoms with Gasteiger partial charge in [-0.15, -0.1) is 5.76 Å². The van der Waals surface area contributed by atoms with Crippen LogP contribution in [-0.2, 0) is 4.79 Å². The fourth-order valence-corrected chi connectivity index (χ4v) is 2.53. The van der Waals surface area contributed by atoms with Crippen molar-refractivity contribution < 1.29 is 23.1 Å². The maximum Gasteiger partial charge on any atom is 0.402 e. The van der Waals surface area contributed by atoms with E-state index in [0.29, 0.717) is 28.8 Å². The van der Waals surface area contributed by atoms with Gasteiger partial charge in [0.15, 0.2) is 5.78 Å². The molecule has 1 heterocycles. The van der Waals surface area contributed by atoms with Gasteiger partial charge < -0.3 is 21.6 Å². The minimum atomic E-state index is -4.83. The molecule has 0 spiro atoms. The molecule has 0 radical (unpaired) electrons. The second-order valence-corrected chi connectivity index (χ2v) is 5.43. The highest BCUT2D eigenvalue weighted by molar-refractivity contribution is 6.22. The Morgan fingerprint density at radius 1 is 1.33 bits per heavy atom. The summed E-state index contributed by atoms with van der Waals surface area (Å²) < 4.78 is 38.7. The van der Waals surface area contributed by atoms with Gasteiger partial charge in [-0.25, -0.2) is 4.98 Å². The van der Waals surface area contributed by atoms with E-state index in [9.17, 15) is 23.1 Å². The Bertz CT molecular complexity index is 931. The Hall–Kier alpha value is -2.97. The summed E-state index contributed by atoms with van der Waals surface area (Å²) in [5.74, 6) is -4.55. The summed E-state index contributed by atoms with van der Waals surface area (Å²) in [5.41, 5.74) is 11.3. The molecule has 1 aromatic rings. The number of allylic oxidation sites excluding steroid dienone is 4. The molecule has 0 aromatic carbocycles. The molecule has 126 valence electrons. The molecule has 9 heteroatoms. The van der Waals surface area contributed by atoms with Crippen molar-refractivity contribution in [2.45, 2.75) is 12.6 Å². The smallest absolute Gasteiger partial charge is 0.402 e. The number of nitrogens with zero attached hydrogens (tertiary/aromatic N) is 1. The normalized spacial score (nSPS) is 20.5. The molecule has 0 fully saturated rings. The molecule has 0 unspecified atom stereocenters. The van der Waals surface area contributed by atoms with Gasteiger partial charge in [-0.3, -0.25) is 4.79 Å². The Labute approximate surface area is 133 Å². The number of nitrogens with two attached hydrogens (primary N) is 2. The molecule has 3 rings (SSSR count). The summed E-state index contributed by atoms with van der Waals surface area (Å²) in [6.45, 7) is 0. The second kappa shape index (κ2) is 5.29. The van der Waals surface area contributed by atoms with E-state index in [0.717, 1.165) is 6.08 Å². The number of H-pyrrole nitrogens is 1. The van der Waals surface area contributed by atoms with Crippen LogP contribution in [0.3, 0.4) is 0 Å². The number of fused-ring (bicyclic) bond motifs is 1. The number of ketones is 1. The number of imidazole rings is 1. The molecular weight excluding hydrogens is 325 g/mol. The highest BCUT2D eigenvalue weighted by Gasteiger charge is 2.45. The van der Waals surface area contributed by atoms with Crippen molar-refractivity contribution >= 4 is 23.5 Å². The predicted molar refractivity (Wildman–Crippen MR) is 77.4 cm³/mol. The Morgan fingerprint density at radius 2 is 2.04 bits per heavy atom. The van der Waals surface area contributed by atoms with E-state index in [2.05, 4.69) is 9.97 Å². The van der Waals surface area contributed by atoms with Crippen LogP contribution in [0, 0.1) is 5.92 Å². The first-order valence-corrected chi connectivity index (χ1v) is 6.90. The van der Waals surface area contributed by atoms with E-state index in [-0.39, 0.29) is 11.6 Å². The van der Waals surface area contributed by atoms with Crippen molar-refractivity contribution in [3.8, 4) is 0 Å². The molecule has 5 N–H and O–H groups in total. The third-order valence-corrected chi connectivity index (χ3v) is 3.74. The monoisotopic (exact) mass is 337 g/mol. The third kappa shape index (κ3) is 2.68. The van der Waals surface area contributed by atoms with E-state index in [1.807, 2.05) is 0 Å². The SMILES string of the molecule is NC(N)=C1C=c2[nH]c(C3=CC([O-])=C[C@@H](C(F)(F)F)C3=O)nc2=CC1. The maximum atomic E-state index is 12.9. The first kappa shape index (κ1) is 15.9. The van der Waals surface area contributed by atoms with Crippen molar-refractivity contribution in [1.29, 1.82) is 0 Å². The number of rotatable bonds is 1. The zero-order chi connectivity index (χ0) is 17.6. The summed E-state index contributed by atoms with van der Waals surface area (Å²) in [7, 11) is 0. The van der Waals surface area contributed by atoms with E-state index in [1.165, 1.54) is 0 Å². The molecule has 2 aliphatic carbocycles. The number of hydrogen-bond donors (Lipinski definition) is 3. The molecule has 0 aliphatic heterocycles. The van der Waals surface area contributed by atoms with Gasteiger partial charge in [0, 0.05) is 0 Å². The molecule has 1 atom stereocenters. The lowest BCUT2D eigenvalue weighted by molar-refractivity contribution is -0.297. The average Bonchev–Trinajstić information content (AvgIpc) is 2.90. The van der Waals surface area contributed by atoms with Crippen molar-refractivity contribution in [2.24, 2.45) is 17.4 Å². The summed E-state index contributed by atoms with van der Waals surface area (Å²) in [5, 5.41) is 12.5. The molecular formula is C15H12F3N4O2-. The number of nitrogens with one attached hydrogen (secondary N) is 1. The molecule has 0 saturated heterocycles. The van der Waals surface area contributed by atoms with Gasteiger partial charge in [-0.1, -0.05) is 18.2 Å². The van der Waals surface area contributed by atoms with Crippen LogP contribution in [0.25, 0.3) is 17.7 Å². The van der Waals surface area contributed by atoms with Gasteiger partial charge in [-0.05, 0) is 18.1 Å². The lowest BCUT2D eigenvalue weighted by atomic mass is 9.91. The first-order valence-electron chi connectivity index (χ1n) is 6.90. The topological polar surface area (TPSA) is 121 Å². The molecule has 0 amide bonds. The van der Waals surface area contributed by atoms with Crippen molar-refractivity contribution in [3.63, 3.8) is 0 Å². The van der Waals surface area contributed by atoms with Crippen LogP contribution in [0.1, 0.15) is 12.2 Å². The lowest BCUT2D eigenvalue weighted by Crippen LogP contribution is -2.33. The number of aromatic nitrogens is 2. The predicted octanol–water partition coefficient (Wildman–Crippen LogP) is -1.11. The standard InChI is InChI=1S/C15H13F3N4O2/c16-15(17,18)9-5-7(23)4-8(12(9)24)14-21-10-2-1-6(13(19)20)3-11(10)22-14/h2-5,9,23H,1,19-20H2,(H,21,22)/p-1/t9-/m1/s1. The number of halogens is 3. The minimum absolute atomic E-state index is 0.0926. The number of carbonyl (C=O) groups excluding carboxylic acids is 1. The fourth-order valence-electron chi connectivity index (χ4n) is 2.53. The van der Waals surface area contributed by atoms with Gasteiger partial charge in [0.1, 0.15) is 11.7 Å². The Balaban J connectivity index is 2.09.